The summed E-state index contributed by atoms with van der Waals surface area (Å²) in [5, 5.41) is 20.5. The molecule has 20 nitrogen and oxygen atoms in total. The topological polar surface area (TPSA) is 213 Å². The minimum absolute atomic E-state index is 0.0223. The highest BCUT2D eigenvalue weighted by molar-refractivity contribution is 5.95. The smallest absolute Gasteiger partial charge is 0.255 e. The first-order valence-electron chi connectivity index (χ1n) is 26.6. The van der Waals surface area contributed by atoms with Gasteiger partial charge in [0.2, 0.25) is 0 Å². The van der Waals surface area contributed by atoms with E-state index in [1.54, 1.807) is 31.3 Å². The fraction of sp³-hybridized carbons (Fsp3) is 0.333. The third-order valence-corrected chi connectivity index (χ3v) is 14.2. The molecule has 20 heteroatoms. The van der Waals surface area contributed by atoms with Gasteiger partial charge in [-0.1, -0.05) is 24.3 Å². The Balaban J connectivity index is 0.000000125. The number of pyridine rings is 6. The maximum atomic E-state index is 12.9. The van der Waals surface area contributed by atoms with Crippen molar-refractivity contribution in [3.63, 3.8) is 0 Å². The summed E-state index contributed by atoms with van der Waals surface area (Å²) >= 11 is 0. The maximum absolute atomic E-state index is 12.9. The quantitative estimate of drug-likeness (QED) is 0.0868. The van der Waals surface area contributed by atoms with Gasteiger partial charge in [0, 0.05) is 70.9 Å². The average Bonchev–Trinajstić information content (AvgIpc) is 4.23. The van der Waals surface area contributed by atoms with Gasteiger partial charge >= 0.3 is 0 Å². The maximum Gasteiger partial charge on any atom is 0.255 e. The highest BCUT2D eigenvalue weighted by Crippen LogP contribution is 2.26. The molecule has 0 radical (unpaired) electrons. The van der Waals surface area contributed by atoms with Crippen molar-refractivity contribution in [3.8, 4) is 34.2 Å². The van der Waals surface area contributed by atoms with Crippen LogP contribution in [-0.4, -0.2) is 163 Å². The van der Waals surface area contributed by atoms with Gasteiger partial charge in [-0.2, -0.15) is 0 Å². The number of nitrogens with one attached hydrogen (secondary N) is 6. The van der Waals surface area contributed by atoms with Gasteiger partial charge in [-0.15, -0.1) is 0 Å². The third-order valence-electron chi connectivity index (χ3n) is 14.2. The molecule has 0 aromatic carbocycles. The lowest BCUT2D eigenvalue weighted by Gasteiger charge is -2.28. The number of ether oxygens (including phenoxy) is 1. The molecule has 4 saturated heterocycles. The molecule has 2 amide bonds. The molecule has 0 bridgehead atoms. The van der Waals surface area contributed by atoms with E-state index in [4.69, 9.17) is 14.7 Å². The van der Waals surface area contributed by atoms with Gasteiger partial charge in [-0.05, 0) is 125 Å². The zero-order valence-corrected chi connectivity index (χ0v) is 43.5. The minimum atomic E-state index is -0.0363. The third kappa shape index (κ3) is 12.1. The Morgan fingerprint density at radius 2 is 1.00 bits per heavy atom. The Morgan fingerprint density at radius 3 is 1.49 bits per heavy atom. The molecule has 396 valence electrons. The van der Waals surface area contributed by atoms with Gasteiger partial charge in [-0.25, -0.2) is 29.9 Å². The first-order valence-corrected chi connectivity index (χ1v) is 26.6. The molecule has 77 heavy (non-hydrogen) atoms. The molecule has 0 saturated carbocycles. The van der Waals surface area contributed by atoms with E-state index in [1.165, 1.54) is 0 Å². The predicted molar refractivity (Wildman–Crippen MR) is 299 cm³/mol. The highest BCUT2D eigenvalue weighted by atomic mass is 16.5. The number of carbonyl (C=O) groups is 2. The lowest BCUT2D eigenvalue weighted by molar-refractivity contribution is 0.0302. The average molecular weight is 1040 g/mol. The van der Waals surface area contributed by atoms with Crippen LogP contribution >= 0.6 is 0 Å². The summed E-state index contributed by atoms with van der Waals surface area (Å²) in [4.78, 5) is 56.2. The van der Waals surface area contributed by atoms with Crippen LogP contribution in [0.1, 0.15) is 46.4 Å². The van der Waals surface area contributed by atoms with Crippen LogP contribution < -0.4 is 31.9 Å². The van der Waals surface area contributed by atoms with Crippen LogP contribution in [0.25, 0.3) is 51.1 Å². The largest absolute Gasteiger partial charge is 0.378 e. The van der Waals surface area contributed by atoms with Crippen molar-refractivity contribution in [2.45, 2.75) is 43.8 Å². The summed E-state index contributed by atoms with van der Waals surface area (Å²) in [7, 11) is 3.50. The molecule has 4 aliphatic rings. The van der Waals surface area contributed by atoms with E-state index in [0.29, 0.717) is 55.6 Å². The van der Waals surface area contributed by atoms with E-state index in [1.807, 2.05) is 136 Å². The second-order valence-corrected chi connectivity index (χ2v) is 19.8. The van der Waals surface area contributed by atoms with Gasteiger partial charge in [0.05, 0.1) is 83.1 Å². The zero-order chi connectivity index (χ0) is 52.5. The molecular formula is C57H65N17O3. The fourth-order valence-corrected chi connectivity index (χ4v) is 9.85. The Morgan fingerprint density at radius 1 is 0.532 bits per heavy atom. The Hall–Kier alpha value is -8.30. The molecule has 9 aromatic rings. The molecule has 9 aromatic heterocycles. The number of piperidine rings is 2. The SMILES string of the molecule is CN(C)C(=O)c1ccc2ncc(-c3cccc(NC4CCNCC4)n3)n2c1.O=C(c1ccc2ncc(-c3cccc(NC4CCNCC4)n3)n2c1)N1CCOCC1.c1cc(NC2CNC2)nc(-c2cnc3ccccn23)c1. The lowest BCUT2D eigenvalue weighted by Crippen LogP contribution is -2.51. The molecular weight excluding hydrogens is 971 g/mol. The summed E-state index contributed by atoms with van der Waals surface area (Å²) in [6.07, 6.45) is 15.6. The van der Waals surface area contributed by atoms with Crippen molar-refractivity contribution in [1.29, 1.82) is 0 Å². The van der Waals surface area contributed by atoms with Crippen LogP contribution in [0.15, 0.2) is 134 Å². The number of aromatic nitrogens is 9. The van der Waals surface area contributed by atoms with Gasteiger partial charge in [0.15, 0.2) is 0 Å². The highest BCUT2D eigenvalue weighted by Gasteiger charge is 2.22. The lowest BCUT2D eigenvalue weighted by atomic mass is 10.1. The molecule has 4 aliphatic heterocycles. The van der Waals surface area contributed by atoms with Crippen molar-refractivity contribution in [3.05, 3.63) is 145 Å². The first-order chi connectivity index (χ1) is 37.8. The number of carbonyl (C=O) groups excluding carboxylic acids is 2. The van der Waals surface area contributed by atoms with Crippen LogP contribution in [-0.2, 0) is 4.74 Å². The van der Waals surface area contributed by atoms with Crippen LogP contribution in [0.4, 0.5) is 17.5 Å². The summed E-state index contributed by atoms with van der Waals surface area (Å²) in [5.41, 5.74) is 9.13. The number of rotatable bonds is 11. The van der Waals surface area contributed by atoms with Gasteiger partial charge < -0.3 is 46.4 Å². The van der Waals surface area contributed by atoms with Crippen molar-refractivity contribution in [2.24, 2.45) is 0 Å². The first kappa shape index (κ1) is 50.8. The van der Waals surface area contributed by atoms with E-state index in [0.717, 1.165) is 134 Å². The van der Waals surface area contributed by atoms with Crippen molar-refractivity contribution < 1.29 is 14.3 Å². The summed E-state index contributed by atoms with van der Waals surface area (Å²) in [6.45, 7) is 8.56. The standard InChI is InChI=1S/C22H26N6O2.C20H24N6O.C15H15N5/c29-22(27-10-12-30-13-11-27)16-4-5-21-24-14-19(28(21)15-16)18-2-1-3-20(26-18)25-17-6-8-23-9-7-17;1-25(2)20(27)14-6-7-19-22-12-17(26(19)13-14)16-4-3-5-18(24-16)23-15-8-10-21-11-9-15;1-2-7-20-13(10-17-15(20)6-1)12-4-3-5-14(19-12)18-11-8-16-9-11/h1-5,14-15,17,23H,6-13H2,(H,25,26);3-7,12-13,15,21H,8-11H2,1-2H3,(H,23,24);1-7,10-11,16H,8-9H2,(H,18,19). The molecule has 4 fully saturated rings. The van der Waals surface area contributed by atoms with Gasteiger partial charge in [0.1, 0.15) is 34.4 Å². The van der Waals surface area contributed by atoms with Gasteiger partial charge in [0.25, 0.3) is 11.8 Å². The number of imidazole rings is 3. The monoisotopic (exact) mass is 1040 g/mol. The number of hydrogen-bond donors (Lipinski definition) is 6. The van der Waals surface area contributed by atoms with Gasteiger partial charge in [-0.3, -0.25) is 22.8 Å². The number of amides is 2. The molecule has 6 N–H and O–H groups in total. The van der Waals surface area contributed by atoms with Crippen LogP contribution in [0.3, 0.4) is 0 Å². The molecule has 0 atom stereocenters. The van der Waals surface area contributed by atoms with Crippen LogP contribution in [0, 0.1) is 0 Å². The molecule has 13 heterocycles. The minimum Gasteiger partial charge on any atom is -0.378 e. The van der Waals surface area contributed by atoms with E-state index >= 15 is 0 Å². The molecule has 0 aliphatic carbocycles. The predicted octanol–water partition coefficient (Wildman–Crippen LogP) is 6.07. The zero-order valence-electron chi connectivity index (χ0n) is 43.5. The fourth-order valence-electron chi connectivity index (χ4n) is 9.85. The number of nitrogens with zero attached hydrogens (tertiary/aromatic N) is 11. The Labute approximate surface area is 446 Å². The Bertz CT molecular complexity index is 3460. The number of anilines is 3. The number of morpholine rings is 1. The molecule has 13 rings (SSSR count). The summed E-state index contributed by atoms with van der Waals surface area (Å²) < 4.78 is 11.3. The van der Waals surface area contributed by atoms with Crippen LogP contribution in [0.5, 0.6) is 0 Å². The van der Waals surface area contributed by atoms with Crippen LogP contribution in [0.2, 0.25) is 0 Å². The van der Waals surface area contributed by atoms with E-state index in [-0.39, 0.29) is 11.8 Å². The van der Waals surface area contributed by atoms with E-state index < -0.39 is 0 Å². The molecule has 0 unspecified atom stereocenters. The van der Waals surface area contributed by atoms with Crippen molar-refractivity contribution in [2.75, 3.05) is 95.6 Å². The van der Waals surface area contributed by atoms with Crippen molar-refractivity contribution in [1.82, 2.24) is 68.9 Å². The normalized spacial score (nSPS) is 16.2. The summed E-state index contributed by atoms with van der Waals surface area (Å²) in [6, 6.07) is 32.7. The van der Waals surface area contributed by atoms with E-state index in [2.05, 4.69) is 56.2 Å². The number of hydrogen-bond acceptors (Lipinski definition) is 15. The second kappa shape index (κ2) is 23.7. The second-order valence-electron chi connectivity index (χ2n) is 19.8. The van der Waals surface area contributed by atoms with Crippen molar-refractivity contribution >= 4 is 46.2 Å². The molecule has 0 spiro atoms. The number of fused-ring (bicyclic) bond motifs is 3. The Kier molecular flexibility index (Phi) is 15.7. The van der Waals surface area contributed by atoms with E-state index in [9.17, 15) is 9.59 Å². The summed E-state index contributed by atoms with van der Waals surface area (Å²) in [5.74, 6) is 2.64.